The standard InChI is InChI=1S/C13H15NO3/c1-2-3-7-17-10-6-4-5-9-8-11(15)14-13(16)12(9)10/h4-6H,2-3,7-8H2,1H3,(H,14,15,16). The maximum Gasteiger partial charge on any atom is 0.261 e. The van der Waals surface area contributed by atoms with Gasteiger partial charge in [-0.1, -0.05) is 25.5 Å². The van der Waals surface area contributed by atoms with Gasteiger partial charge in [-0.15, -0.1) is 0 Å². The summed E-state index contributed by atoms with van der Waals surface area (Å²) in [4.78, 5) is 23.0. The van der Waals surface area contributed by atoms with Gasteiger partial charge in [-0.25, -0.2) is 0 Å². The molecule has 4 heteroatoms. The summed E-state index contributed by atoms with van der Waals surface area (Å²) in [6.45, 7) is 2.67. The number of nitrogens with one attached hydrogen (secondary N) is 1. The molecule has 0 saturated heterocycles. The molecule has 1 aromatic rings. The van der Waals surface area contributed by atoms with E-state index in [1.165, 1.54) is 0 Å². The predicted molar refractivity (Wildman–Crippen MR) is 63.0 cm³/mol. The van der Waals surface area contributed by atoms with Gasteiger partial charge in [0.1, 0.15) is 5.75 Å². The minimum absolute atomic E-state index is 0.242. The summed E-state index contributed by atoms with van der Waals surface area (Å²) in [6.07, 6.45) is 2.23. The Kier molecular flexibility index (Phi) is 3.42. The zero-order valence-electron chi connectivity index (χ0n) is 9.79. The number of carbonyl (C=O) groups excluding carboxylic acids is 2. The number of unbranched alkanes of at least 4 members (excludes halogenated alkanes) is 1. The highest BCUT2D eigenvalue weighted by Crippen LogP contribution is 2.25. The van der Waals surface area contributed by atoms with Gasteiger partial charge in [-0.2, -0.15) is 0 Å². The molecule has 17 heavy (non-hydrogen) atoms. The summed E-state index contributed by atoms with van der Waals surface area (Å²) in [7, 11) is 0. The van der Waals surface area contributed by atoms with Gasteiger partial charge in [-0.3, -0.25) is 14.9 Å². The molecule has 2 amide bonds. The molecule has 0 aromatic heterocycles. The Balaban J connectivity index is 2.26. The van der Waals surface area contributed by atoms with Gasteiger partial charge in [0, 0.05) is 0 Å². The van der Waals surface area contributed by atoms with Gasteiger partial charge in [0.05, 0.1) is 18.6 Å². The van der Waals surface area contributed by atoms with Crippen LogP contribution in [0.5, 0.6) is 5.75 Å². The van der Waals surface area contributed by atoms with Crippen molar-refractivity contribution >= 4 is 11.8 Å². The Morgan fingerprint density at radius 3 is 2.94 bits per heavy atom. The molecule has 0 spiro atoms. The summed E-state index contributed by atoms with van der Waals surface area (Å²) in [5.74, 6) is -0.0440. The number of benzene rings is 1. The molecule has 0 saturated carbocycles. The van der Waals surface area contributed by atoms with E-state index in [9.17, 15) is 9.59 Å². The van der Waals surface area contributed by atoms with Crippen molar-refractivity contribution < 1.29 is 14.3 Å². The van der Waals surface area contributed by atoms with E-state index in [2.05, 4.69) is 12.2 Å². The first-order chi connectivity index (χ1) is 8.22. The highest BCUT2D eigenvalue weighted by Gasteiger charge is 2.25. The fourth-order valence-electron chi connectivity index (χ4n) is 1.83. The van der Waals surface area contributed by atoms with Crippen LogP contribution in [0.25, 0.3) is 0 Å². The molecule has 0 fully saturated rings. The van der Waals surface area contributed by atoms with Crippen LogP contribution in [0.2, 0.25) is 0 Å². The Hall–Kier alpha value is -1.84. The molecule has 90 valence electrons. The van der Waals surface area contributed by atoms with Crippen LogP contribution < -0.4 is 10.1 Å². The molecule has 0 radical (unpaired) electrons. The molecule has 2 rings (SSSR count). The fourth-order valence-corrected chi connectivity index (χ4v) is 1.83. The highest BCUT2D eigenvalue weighted by molar-refractivity contribution is 6.11. The number of hydrogen-bond donors (Lipinski definition) is 1. The minimum Gasteiger partial charge on any atom is -0.493 e. The van der Waals surface area contributed by atoms with Crippen molar-refractivity contribution in [3.63, 3.8) is 0 Å². The second-order valence-corrected chi connectivity index (χ2v) is 4.05. The van der Waals surface area contributed by atoms with Crippen LogP contribution in [0.3, 0.4) is 0 Å². The van der Waals surface area contributed by atoms with E-state index in [4.69, 9.17) is 4.74 Å². The molecule has 0 bridgehead atoms. The monoisotopic (exact) mass is 233 g/mol. The van der Waals surface area contributed by atoms with Crippen molar-refractivity contribution in [2.45, 2.75) is 26.2 Å². The molecule has 1 aliphatic heterocycles. The molecule has 1 aliphatic rings. The number of hydrogen-bond acceptors (Lipinski definition) is 3. The Morgan fingerprint density at radius 2 is 2.18 bits per heavy atom. The van der Waals surface area contributed by atoms with Crippen LogP contribution in [0.15, 0.2) is 18.2 Å². The normalized spacial score (nSPS) is 14.2. The number of ether oxygens (including phenoxy) is 1. The Morgan fingerprint density at radius 1 is 1.35 bits per heavy atom. The first-order valence-corrected chi connectivity index (χ1v) is 5.81. The Bertz CT molecular complexity index is 454. The summed E-state index contributed by atoms with van der Waals surface area (Å²) in [5, 5.41) is 2.31. The van der Waals surface area contributed by atoms with E-state index in [0.29, 0.717) is 17.9 Å². The summed E-state index contributed by atoms with van der Waals surface area (Å²) < 4.78 is 5.58. The van der Waals surface area contributed by atoms with Crippen LogP contribution in [0.4, 0.5) is 0 Å². The number of amides is 2. The van der Waals surface area contributed by atoms with Crippen LogP contribution in [0.1, 0.15) is 35.7 Å². The van der Waals surface area contributed by atoms with Crippen molar-refractivity contribution in [2.24, 2.45) is 0 Å². The number of fused-ring (bicyclic) bond motifs is 1. The van der Waals surface area contributed by atoms with Gasteiger partial charge in [-0.05, 0) is 18.1 Å². The van der Waals surface area contributed by atoms with E-state index < -0.39 is 0 Å². The maximum absolute atomic E-state index is 11.7. The summed E-state index contributed by atoms with van der Waals surface area (Å²) in [5.41, 5.74) is 1.25. The van der Waals surface area contributed by atoms with E-state index in [1.54, 1.807) is 12.1 Å². The average molecular weight is 233 g/mol. The van der Waals surface area contributed by atoms with E-state index >= 15 is 0 Å². The molecule has 1 aromatic carbocycles. The predicted octanol–water partition coefficient (Wildman–Crippen LogP) is 1.68. The molecule has 1 heterocycles. The van der Waals surface area contributed by atoms with Gasteiger partial charge < -0.3 is 4.74 Å². The van der Waals surface area contributed by atoms with Crippen LogP contribution in [-0.2, 0) is 11.2 Å². The van der Waals surface area contributed by atoms with Crippen LogP contribution >= 0.6 is 0 Å². The van der Waals surface area contributed by atoms with Gasteiger partial charge in [0.2, 0.25) is 5.91 Å². The minimum atomic E-state index is -0.358. The first-order valence-electron chi connectivity index (χ1n) is 5.81. The highest BCUT2D eigenvalue weighted by atomic mass is 16.5. The quantitative estimate of drug-likeness (QED) is 0.636. The van der Waals surface area contributed by atoms with Crippen molar-refractivity contribution in [1.29, 1.82) is 0 Å². The summed E-state index contributed by atoms with van der Waals surface area (Å²) >= 11 is 0. The molecule has 0 atom stereocenters. The lowest BCUT2D eigenvalue weighted by molar-refractivity contribution is -0.119. The number of carbonyl (C=O) groups is 2. The molecule has 1 N–H and O–H groups in total. The fraction of sp³-hybridized carbons (Fsp3) is 0.385. The van der Waals surface area contributed by atoms with Gasteiger partial charge >= 0.3 is 0 Å². The first kappa shape index (κ1) is 11.6. The largest absolute Gasteiger partial charge is 0.493 e. The smallest absolute Gasteiger partial charge is 0.261 e. The SMILES string of the molecule is CCCCOc1cccc2c1C(=O)NC(=O)C2. The van der Waals surface area contributed by atoms with Crippen molar-refractivity contribution in [1.82, 2.24) is 5.32 Å². The zero-order chi connectivity index (χ0) is 12.3. The lowest BCUT2D eigenvalue weighted by atomic mass is 9.99. The second kappa shape index (κ2) is 4.99. The van der Waals surface area contributed by atoms with Crippen molar-refractivity contribution in [2.75, 3.05) is 6.61 Å². The van der Waals surface area contributed by atoms with Crippen LogP contribution in [0, 0.1) is 0 Å². The lowest BCUT2D eigenvalue weighted by Crippen LogP contribution is -2.37. The molecular formula is C13H15NO3. The topological polar surface area (TPSA) is 55.4 Å². The second-order valence-electron chi connectivity index (χ2n) is 4.05. The van der Waals surface area contributed by atoms with E-state index in [0.717, 1.165) is 18.4 Å². The van der Waals surface area contributed by atoms with Gasteiger partial charge in [0.25, 0.3) is 5.91 Å². The number of imide groups is 1. The van der Waals surface area contributed by atoms with Crippen molar-refractivity contribution in [3.05, 3.63) is 29.3 Å². The van der Waals surface area contributed by atoms with Crippen molar-refractivity contribution in [3.8, 4) is 5.75 Å². The van der Waals surface area contributed by atoms with E-state index in [1.807, 2.05) is 6.07 Å². The average Bonchev–Trinajstić information content (AvgIpc) is 2.28. The van der Waals surface area contributed by atoms with Crippen LogP contribution in [-0.4, -0.2) is 18.4 Å². The molecule has 4 nitrogen and oxygen atoms in total. The Labute approximate surface area is 100.0 Å². The third kappa shape index (κ3) is 2.46. The third-order valence-electron chi connectivity index (χ3n) is 2.70. The molecule has 0 aliphatic carbocycles. The van der Waals surface area contributed by atoms with Gasteiger partial charge in [0.15, 0.2) is 0 Å². The molecule has 0 unspecified atom stereocenters. The zero-order valence-corrected chi connectivity index (χ0v) is 9.79. The lowest BCUT2D eigenvalue weighted by Gasteiger charge is -2.18. The van der Waals surface area contributed by atoms with E-state index in [-0.39, 0.29) is 18.2 Å². The third-order valence-corrected chi connectivity index (χ3v) is 2.70. The maximum atomic E-state index is 11.7. The summed E-state index contributed by atoms with van der Waals surface area (Å²) in [6, 6.07) is 5.37. The number of rotatable bonds is 4. The molecular weight excluding hydrogens is 218 g/mol.